The lowest BCUT2D eigenvalue weighted by Gasteiger charge is -2.26. The van der Waals surface area contributed by atoms with Crippen molar-refractivity contribution in [2.45, 2.75) is 0 Å². The van der Waals surface area contributed by atoms with Gasteiger partial charge in [0.15, 0.2) is 5.82 Å². The summed E-state index contributed by atoms with van der Waals surface area (Å²) >= 11 is 1.65. The fraction of sp³-hybridized carbons (Fsp3) is 0.286. The molecule has 0 bridgehead atoms. The van der Waals surface area contributed by atoms with Crippen LogP contribution >= 0.6 is 11.3 Å². The number of rotatable bonds is 5. The van der Waals surface area contributed by atoms with Crippen molar-refractivity contribution in [2.24, 2.45) is 0 Å². The van der Waals surface area contributed by atoms with Crippen LogP contribution in [-0.4, -0.2) is 59.2 Å². The number of para-hydroxylation sites is 3. The molecular weight excluding hydrogens is 370 g/mol. The van der Waals surface area contributed by atoms with Gasteiger partial charge in [0.2, 0.25) is 0 Å². The third-order valence-corrected chi connectivity index (χ3v) is 5.93. The minimum atomic E-state index is 0.797. The Labute approximate surface area is 167 Å². The van der Waals surface area contributed by atoms with E-state index in [2.05, 4.69) is 16.3 Å². The van der Waals surface area contributed by atoms with Crippen LogP contribution in [-0.2, 0) is 4.74 Å². The molecule has 7 heteroatoms. The summed E-state index contributed by atoms with van der Waals surface area (Å²) in [5, 5.41) is 4.40. The summed E-state index contributed by atoms with van der Waals surface area (Å²) in [4.78, 5) is 17.0. The van der Waals surface area contributed by atoms with E-state index in [9.17, 15) is 0 Å². The zero-order valence-corrected chi connectivity index (χ0v) is 16.3. The van der Waals surface area contributed by atoms with Crippen molar-refractivity contribution in [1.29, 1.82) is 0 Å². The topological polar surface area (TPSA) is 63.2 Å². The molecule has 1 N–H and O–H groups in total. The van der Waals surface area contributed by atoms with E-state index in [0.29, 0.717) is 0 Å². The Hall–Kier alpha value is -2.61. The number of hydrogen-bond donors (Lipinski definition) is 1. The molecule has 142 valence electrons. The normalized spacial score (nSPS) is 15.3. The van der Waals surface area contributed by atoms with Crippen LogP contribution in [0.3, 0.4) is 0 Å². The number of thiazole rings is 1. The lowest BCUT2D eigenvalue weighted by molar-refractivity contribution is 0.0398. The molecule has 0 atom stereocenters. The van der Waals surface area contributed by atoms with E-state index >= 15 is 0 Å². The number of benzene rings is 2. The largest absolute Gasteiger partial charge is 0.379 e. The van der Waals surface area contributed by atoms with Crippen LogP contribution in [0.5, 0.6) is 0 Å². The van der Waals surface area contributed by atoms with Crippen molar-refractivity contribution in [1.82, 2.24) is 19.9 Å². The average molecular weight is 392 g/mol. The Balaban J connectivity index is 1.47. The fourth-order valence-corrected chi connectivity index (χ4v) is 4.36. The number of nitrogens with one attached hydrogen (secondary N) is 1. The van der Waals surface area contributed by atoms with Crippen LogP contribution in [0.1, 0.15) is 0 Å². The maximum atomic E-state index is 5.43. The number of nitrogens with zero attached hydrogens (tertiary/aromatic N) is 4. The van der Waals surface area contributed by atoms with Crippen molar-refractivity contribution >= 4 is 38.4 Å². The summed E-state index contributed by atoms with van der Waals surface area (Å²) in [6.45, 7) is 5.35. The first-order valence-corrected chi connectivity index (χ1v) is 10.4. The van der Waals surface area contributed by atoms with Crippen molar-refractivity contribution in [3.8, 4) is 10.7 Å². The molecule has 0 amide bonds. The third-order valence-electron chi connectivity index (χ3n) is 4.89. The molecular formula is C21H21N5OS. The summed E-state index contributed by atoms with van der Waals surface area (Å²) in [5.74, 6) is 0.797. The monoisotopic (exact) mass is 391 g/mol. The molecule has 2 aromatic carbocycles. The fourth-order valence-electron chi connectivity index (χ4n) is 3.40. The minimum Gasteiger partial charge on any atom is -0.379 e. The highest BCUT2D eigenvalue weighted by molar-refractivity contribution is 7.21. The third kappa shape index (κ3) is 3.56. The van der Waals surface area contributed by atoms with Gasteiger partial charge < -0.3 is 10.1 Å². The molecule has 0 radical (unpaired) electrons. The Morgan fingerprint density at radius 3 is 2.39 bits per heavy atom. The smallest absolute Gasteiger partial charge is 0.155 e. The second-order valence-corrected chi connectivity index (χ2v) is 7.81. The van der Waals surface area contributed by atoms with E-state index in [1.54, 1.807) is 11.3 Å². The number of hydrogen-bond acceptors (Lipinski definition) is 7. The number of ether oxygens (including phenoxy) is 1. The Kier molecular flexibility index (Phi) is 4.86. The van der Waals surface area contributed by atoms with E-state index in [4.69, 9.17) is 19.7 Å². The zero-order valence-electron chi connectivity index (χ0n) is 15.5. The maximum absolute atomic E-state index is 5.43. The van der Waals surface area contributed by atoms with Gasteiger partial charge in [0.25, 0.3) is 0 Å². The van der Waals surface area contributed by atoms with E-state index < -0.39 is 0 Å². The molecule has 3 heterocycles. The van der Waals surface area contributed by atoms with Gasteiger partial charge in [0.1, 0.15) is 10.7 Å². The molecule has 1 saturated heterocycles. The number of fused-ring (bicyclic) bond motifs is 2. The van der Waals surface area contributed by atoms with Crippen LogP contribution < -0.4 is 5.32 Å². The first-order valence-electron chi connectivity index (χ1n) is 9.53. The molecule has 1 fully saturated rings. The van der Waals surface area contributed by atoms with Crippen LogP contribution in [0.4, 0.5) is 5.82 Å². The van der Waals surface area contributed by atoms with E-state index in [-0.39, 0.29) is 0 Å². The first kappa shape index (κ1) is 17.5. The predicted octanol–water partition coefficient (Wildman–Crippen LogP) is 3.65. The highest BCUT2D eigenvalue weighted by atomic mass is 32.1. The molecule has 2 aromatic heterocycles. The van der Waals surface area contributed by atoms with Gasteiger partial charge in [0.05, 0.1) is 34.5 Å². The summed E-state index contributed by atoms with van der Waals surface area (Å²) in [5.41, 5.74) is 3.59. The Morgan fingerprint density at radius 2 is 1.61 bits per heavy atom. The zero-order chi connectivity index (χ0) is 18.8. The first-order chi connectivity index (χ1) is 13.9. The van der Waals surface area contributed by atoms with Gasteiger partial charge in [-0.3, -0.25) is 4.90 Å². The van der Waals surface area contributed by atoms with Crippen molar-refractivity contribution < 1.29 is 4.74 Å². The maximum Gasteiger partial charge on any atom is 0.155 e. The van der Waals surface area contributed by atoms with Gasteiger partial charge in [-0.15, -0.1) is 11.3 Å². The molecule has 1 aliphatic heterocycles. The van der Waals surface area contributed by atoms with E-state index in [1.165, 1.54) is 0 Å². The van der Waals surface area contributed by atoms with Gasteiger partial charge >= 0.3 is 0 Å². The van der Waals surface area contributed by atoms with Crippen molar-refractivity contribution in [3.63, 3.8) is 0 Å². The summed E-state index contributed by atoms with van der Waals surface area (Å²) in [6, 6.07) is 16.2. The van der Waals surface area contributed by atoms with Crippen LogP contribution in [0, 0.1) is 0 Å². The second kappa shape index (κ2) is 7.79. The average Bonchev–Trinajstić information content (AvgIpc) is 3.18. The van der Waals surface area contributed by atoms with E-state index in [0.717, 1.165) is 77.2 Å². The summed E-state index contributed by atoms with van der Waals surface area (Å²) in [7, 11) is 0. The molecule has 0 spiro atoms. The summed E-state index contributed by atoms with van der Waals surface area (Å²) < 4.78 is 6.59. The lowest BCUT2D eigenvalue weighted by Crippen LogP contribution is -2.39. The summed E-state index contributed by atoms with van der Waals surface area (Å²) in [6.07, 6.45) is 0. The number of aromatic nitrogens is 3. The lowest BCUT2D eigenvalue weighted by atomic mass is 10.3. The number of morpholine rings is 1. The molecule has 0 saturated carbocycles. The van der Waals surface area contributed by atoms with Crippen LogP contribution in [0.2, 0.25) is 0 Å². The Morgan fingerprint density at radius 1 is 0.893 bits per heavy atom. The number of anilines is 1. The molecule has 0 unspecified atom stereocenters. The Bertz CT molecular complexity index is 1070. The molecule has 6 nitrogen and oxygen atoms in total. The minimum absolute atomic E-state index is 0.797. The van der Waals surface area contributed by atoms with Crippen LogP contribution in [0.25, 0.3) is 32.0 Å². The predicted molar refractivity (Wildman–Crippen MR) is 114 cm³/mol. The van der Waals surface area contributed by atoms with Gasteiger partial charge in [-0.2, -0.15) is 0 Å². The molecule has 5 rings (SSSR count). The van der Waals surface area contributed by atoms with Crippen molar-refractivity contribution in [2.75, 3.05) is 44.7 Å². The van der Waals surface area contributed by atoms with Gasteiger partial charge in [0, 0.05) is 26.2 Å². The highest BCUT2D eigenvalue weighted by Gasteiger charge is 2.16. The second-order valence-electron chi connectivity index (χ2n) is 6.78. The molecule has 0 aliphatic carbocycles. The van der Waals surface area contributed by atoms with E-state index in [1.807, 2.05) is 42.5 Å². The van der Waals surface area contributed by atoms with Crippen molar-refractivity contribution in [3.05, 3.63) is 48.5 Å². The highest BCUT2D eigenvalue weighted by Crippen LogP contribution is 2.33. The SMILES string of the molecule is c1ccc2nc(-c3nc4ccccc4s3)c(NCCN3CCOCC3)nc2c1. The van der Waals surface area contributed by atoms with Crippen LogP contribution in [0.15, 0.2) is 48.5 Å². The molecule has 28 heavy (non-hydrogen) atoms. The standard InChI is InChI=1S/C21H21N5OS/c1-2-6-16-15(5-1)23-19(21-25-17-7-3-4-8-18(17)28-21)20(24-16)22-9-10-26-11-13-27-14-12-26/h1-8H,9-14H2,(H,22,24). The van der Waals surface area contributed by atoms with Gasteiger partial charge in [-0.05, 0) is 24.3 Å². The van der Waals surface area contributed by atoms with Gasteiger partial charge in [-0.1, -0.05) is 24.3 Å². The quantitative estimate of drug-likeness (QED) is 0.560. The molecule has 4 aromatic rings. The van der Waals surface area contributed by atoms with Gasteiger partial charge in [-0.25, -0.2) is 15.0 Å². The molecule has 1 aliphatic rings.